The Labute approximate surface area is 110 Å². The van der Waals surface area contributed by atoms with E-state index in [1.54, 1.807) is 30.3 Å². The van der Waals surface area contributed by atoms with Crippen molar-refractivity contribution in [3.05, 3.63) is 50.1 Å². The largest absolute Gasteiger partial charge is 0.421 e. The van der Waals surface area contributed by atoms with Crippen LogP contribution in [0.5, 0.6) is 5.75 Å². The summed E-state index contributed by atoms with van der Waals surface area (Å²) in [7, 11) is 0. The summed E-state index contributed by atoms with van der Waals surface area (Å²) in [4.78, 5) is 12.3. The fraction of sp³-hybridized carbons (Fsp3) is 0. The molecule has 0 unspecified atom stereocenters. The standard InChI is InChI=1S/C11H6BrClO2S/c12-7-5-6-16-10(7)11(14)15-9-4-2-1-3-8(9)13/h1-6H. The molecule has 0 saturated heterocycles. The van der Waals surface area contributed by atoms with E-state index in [2.05, 4.69) is 15.9 Å². The molecule has 5 heteroatoms. The van der Waals surface area contributed by atoms with Gasteiger partial charge in [0.15, 0.2) is 0 Å². The van der Waals surface area contributed by atoms with Crippen LogP contribution < -0.4 is 4.74 Å². The SMILES string of the molecule is O=C(Oc1ccccc1Cl)c1sccc1Br. The van der Waals surface area contributed by atoms with E-state index in [0.717, 1.165) is 4.47 Å². The van der Waals surface area contributed by atoms with Crippen LogP contribution in [0, 0.1) is 0 Å². The third kappa shape index (κ3) is 2.45. The number of esters is 1. The summed E-state index contributed by atoms with van der Waals surface area (Å²) in [6.45, 7) is 0. The van der Waals surface area contributed by atoms with Crippen molar-refractivity contribution in [3.63, 3.8) is 0 Å². The maximum absolute atomic E-state index is 11.7. The molecule has 2 aromatic rings. The van der Waals surface area contributed by atoms with Crippen LogP contribution in [-0.2, 0) is 0 Å². The zero-order valence-electron chi connectivity index (χ0n) is 7.94. The van der Waals surface area contributed by atoms with Gasteiger partial charge in [-0.1, -0.05) is 23.7 Å². The first-order valence-electron chi connectivity index (χ1n) is 4.38. The van der Waals surface area contributed by atoms with Gasteiger partial charge in [0.2, 0.25) is 0 Å². The summed E-state index contributed by atoms with van der Waals surface area (Å²) < 4.78 is 5.91. The van der Waals surface area contributed by atoms with Crippen LogP contribution in [0.25, 0.3) is 0 Å². The Balaban J connectivity index is 2.21. The number of halogens is 2. The lowest BCUT2D eigenvalue weighted by Gasteiger charge is -2.04. The molecule has 2 rings (SSSR count). The highest BCUT2D eigenvalue weighted by atomic mass is 79.9. The van der Waals surface area contributed by atoms with Gasteiger partial charge in [-0.15, -0.1) is 11.3 Å². The molecule has 0 spiro atoms. The third-order valence-electron chi connectivity index (χ3n) is 1.84. The highest BCUT2D eigenvalue weighted by Gasteiger charge is 2.15. The Morgan fingerprint density at radius 2 is 2.06 bits per heavy atom. The Bertz CT molecular complexity index is 524. The average molecular weight is 318 g/mol. The molecule has 0 aliphatic heterocycles. The Morgan fingerprint density at radius 3 is 2.69 bits per heavy atom. The maximum Gasteiger partial charge on any atom is 0.354 e. The van der Waals surface area contributed by atoms with Crippen LogP contribution in [0.15, 0.2) is 40.2 Å². The fourth-order valence-electron chi connectivity index (χ4n) is 1.11. The molecular weight excluding hydrogens is 312 g/mol. The fourth-order valence-corrected chi connectivity index (χ4v) is 2.70. The van der Waals surface area contributed by atoms with Gasteiger partial charge < -0.3 is 4.74 Å². The predicted octanol–water partition coefficient (Wildman–Crippen LogP) is 4.38. The summed E-state index contributed by atoms with van der Waals surface area (Å²) in [6.07, 6.45) is 0. The molecule has 0 saturated carbocycles. The normalized spacial score (nSPS) is 10.1. The Hall–Kier alpha value is -0.840. The molecule has 0 aliphatic carbocycles. The second-order valence-corrected chi connectivity index (χ2v) is 5.10. The molecule has 1 aromatic carbocycles. The van der Waals surface area contributed by atoms with E-state index in [1.807, 2.05) is 5.38 Å². The second-order valence-electron chi connectivity index (χ2n) is 2.92. The van der Waals surface area contributed by atoms with Crippen molar-refractivity contribution < 1.29 is 9.53 Å². The van der Waals surface area contributed by atoms with Crippen molar-refractivity contribution in [2.24, 2.45) is 0 Å². The molecule has 0 bridgehead atoms. The second kappa shape index (κ2) is 4.99. The molecule has 0 radical (unpaired) electrons. The van der Waals surface area contributed by atoms with E-state index in [1.165, 1.54) is 11.3 Å². The number of ether oxygens (including phenoxy) is 1. The lowest BCUT2D eigenvalue weighted by atomic mass is 10.3. The summed E-state index contributed by atoms with van der Waals surface area (Å²) in [5, 5.41) is 2.23. The summed E-state index contributed by atoms with van der Waals surface area (Å²) in [6, 6.07) is 8.67. The van der Waals surface area contributed by atoms with Crippen LogP contribution in [-0.4, -0.2) is 5.97 Å². The first-order valence-corrected chi connectivity index (χ1v) is 6.43. The zero-order chi connectivity index (χ0) is 11.5. The van der Waals surface area contributed by atoms with Gasteiger partial charge in [0.1, 0.15) is 10.6 Å². The highest BCUT2D eigenvalue weighted by molar-refractivity contribution is 9.10. The average Bonchev–Trinajstić information content (AvgIpc) is 2.68. The molecular formula is C11H6BrClO2S. The van der Waals surface area contributed by atoms with Crippen molar-refractivity contribution in [1.82, 2.24) is 0 Å². The van der Waals surface area contributed by atoms with Crippen molar-refractivity contribution >= 4 is 44.8 Å². The number of carbonyl (C=O) groups excluding carboxylic acids is 1. The summed E-state index contributed by atoms with van der Waals surface area (Å²) in [5.41, 5.74) is 0. The molecule has 0 fully saturated rings. The van der Waals surface area contributed by atoms with E-state index in [-0.39, 0.29) is 0 Å². The molecule has 0 N–H and O–H groups in total. The monoisotopic (exact) mass is 316 g/mol. The number of thiophene rings is 1. The zero-order valence-corrected chi connectivity index (χ0v) is 11.1. The Kier molecular flexibility index (Phi) is 3.63. The quantitative estimate of drug-likeness (QED) is 0.607. The molecule has 0 aliphatic rings. The van der Waals surface area contributed by atoms with Gasteiger partial charge in [0.05, 0.1) is 5.02 Å². The van der Waals surface area contributed by atoms with Crippen LogP contribution in [0.2, 0.25) is 5.02 Å². The van der Waals surface area contributed by atoms with Crippen molar-refractivity contribution in [2.75, 3.05) is 0 Å². The van der Waals surface area contributed by atoms with Crippen LogP contribution in [0.1, 0.15) is 9.67 Å². The first-order chi connectivity index (χ1) is 7.68. The van der Waals surface area contributed by atoms with Gasteiger partial charge in [-0.25, -0.2) is 4.79 Å². The van der Waals surface area contributed by atoms with E-state index in [4.69, 9.17) is 16.3 Å². The molecule has 2 nitrogen and oxygen atoms in total. The molecule has 16 heavy (non-hydrogen) atoms. The lowest BCUT2D eigenvalue weighted by Crippen LogP contribution is -2.07. The lowest BCUT2D eigenvalue weighted by molar-refractivity contribution is 0.0739. The smallest absolute Gasteiger partial charge is 0.354 e. The minimum atomic E-state index is -0.407. The minimum absolute atomic E-state index is 0.370. The van der Waals surface area contributed by atoms with Gasteiger partial charge in [-0.3, -0.25) is 0 Å². The van der Waals surface area contributed by atoms with E-state index < -0.39 is 5.97 Å². The number of hydrogen-bond acceptors (Lipinski definition) is 3. The van der Waals surface area contributed by atoms with Gasteiger partial charge in [-0.05, 0) is 39.5 Å². The topological polar surface area (TPSA) is 26.3 Å². The van der Waals surface area contributed by atoms with Crippen LogP contribution >= 0.6 is 38.9 Å². The highest BCUT2D eigenvalue weighted by Crippen LogP contribution is 2.27. The van der Waals surface area contributed by atoms with Gasteiger partial charge in [0, 0.05) is 4.47 Å². The number of carbonyl (C=O) groups is 1. The number of rotatable bonds is 2. The van der Waals surface area contributed by atoms with Crippen molar-refractivity contribution in [3.8, 4) is 5.75 Å². The number of hydrogen-bond donors (Lipinski definition) is 0. The molecule has 1 aromatic heterocycles. The van der Waals surface area contributed by atoms with E-state index in [9.17, 15) is 4.79 Å². The Morgan fingerprint density at radius 1 is 1.31 bits per heavy atom. The summed E-state index contributed by atoms with van der Waals surface area (Å²) in [5.74, 6) is -0.0376. The minimum Gasteiger partial charge on any atom is -0.421 e. The predicted molar refractivity (Wildman–Crippen MR) is 68.4 cm³/mol. The van der Waals surface area contributed by atoms with Crippen LogP contribution in [0.4, 0.5) is 0 Å². The number of para-hydroxylation sites is 1. The van der Waals surface area contributed by atoms with Crippen molar-refractivity contribution in [2.45, 2.75) is 0 Å². The first kappa shape index (κ1) is 11.6. The molecule has 0 amide bonds. The van der Waals surface area contributed by atoms with Gasteiger partial charge >= 0.3 is 5.97 Å². The van der Waals surface area contributed by atoms with Gasteiger partial charge in [-0.2, -0.15) is 0 Å². The van der Waals surface area contributed by atoms with E-state index >= 15 is 0 Å². The maximum atomic E-state index is 11.7. The molecule has 0 atom stereocenters. The third-order valence-corrected chi connectivity index (χ3v) is 3.97. The van der Waals surface area contributed by atoms with Crippen molar-refractivity contribution in [1.29, 1.82) is 0 Å². The summed E-state index contributed by atoms with van der Waals surface area (Å²) >= 11 is 10.5. The molecule has 1 heterocycles. The van der Waals surface area contributed by atoms with Gasteiger partial charge in [0.25, 0.3) is 0 Å². The molecule has 82 valence electrons. The number of benzene rings is 1. The van der Waals surface area contributed by atoms with Crippen LogP contribution in [0.3, 0.4) is 0 Å². The van der Waals surface area contributed by atoms with E-state index in [0.29, 0.717) is 15.6 Å².